The van der Waals surface area contributed by atoms with Crippen molar-refractivity contribution in [2.24, 2.45) is 10.8 Å². The predicted molar refractivity (Wildman–Crippen MR) is 125 cm³/mol. The minimum atomic E-state index is -0.766. The van der Waals surface area contributed by atoms with Crippen molar-refractivity contribution in [3.63, 3.8) is 0 Å². The molecule has 1 aromatic carbocycles. The third-order valence-electron chi connectivity index (χ3n) is 4.92. The number of nitrogens with one attached hydrogen (secondary N) is 1. The summed E-state index contributed by atoms with van der Waals surface area (Å²) in [5.41, 5.74) is -0.794. The number of esters is 2. The van der Waals surface area contributed by atoms with Crippen LogP contribution in [-0.2, 0) is 20.8 Å². The maximum Gasteiger partial charge on any atom is 0.316 e. The molecule has 1 atom stereocenters. The largest absolute Gasteiger partial charge is 0.507 e. The molecule has 0 saturated heterocycles. The molecule has 1 aliphatic rings. The summed E-state index contributed by atoms with van der Waals surface area (Å²) in [5.74, 6) is -1.42. The maximum atomic E-state index is 12.5. The van der Waals surface area contributed by atoms with E-state index in [0.717, 1.165) is 5.56 Å². The third-order valence-corrected chi connectivity index (χ3v) is 4.92. The zero-order valence-electron chi connectivity index (χ0n) is 20.9. The van der Waals surface area contributed by atoms with Crippen molar-refractivity contribution in [3.8, 4) is 11.5 Å². The molecule has 0 aromatic heterocycles. The number of hydroxylamine groups is 3. The zero-order valence-corrected chi connectivity index (χ0v) is 20.9. The zero-order chi connectivity index (χ0) is 25.9. The van der Waals surface area contributed by atoms with E-state index in [2.05, 4.69) is 5.32 Å². The van der Waals surface area contributed by atoms with Crippen LogP contribution in [0.3, 0.4) is 0 Å². The first-order valence-electron chi connectivity index (χ1n) is 11.1. The van der Waals surface area contributed by atoms with E-state index in [9.17, 15) is 24.7 Å². The molecule has 0 radical (unpaired) electrons. The van der Waals surface area contributed by atoms with Crippen LogP contribution in [-0.4, -0.2) is 52.9 Å². The number of aliphatic hydroxyl groups excluding tert-OH is 1. The van der Waals surface area contributed by atoms with E-state index < -0.39 is 33.3 Å². The van der Waals surface area contributed by atoms with Crippen LogP contribution in [0.1, 0.15) is 47.1 Å². The highest BCUT2D eigenvalue weighted by molar-refractivity contribution is 5.96. The van der Waals surface area contributed by atoms with E-state index in [1.54, 1.807) is 59.7 Å². The minimum Gasteiger partial charge on any atom is -0.507 e. The van der Waals surface area contributed by atoms with Gasteiger partial charge in [0, 0.05) is 12.6 Å². The normalized spacial score (nSPS) is 18.5. The van der Waals surface area contributed by atoms with Gasteiger partial charge in [0.2, 0.25) is 0 Å². The van der Waals surface area contributed by atoms with Crippen LogP contribution in [0.2, 0.25) is 0 Å². The van der Waals surface area contributed by atoms with Crippen molar-refractivity contribution in [2.45, 2.75) is 48.0 Å². The lowest BCUT2D eigenvalue weighted by atomic mass is 9.97. The molecular weight excluding hydrogens is 440 g/mol. The molecule has 186 valence electrons. The van der Waals surface area contributed by atoms with Crippen LogP contribution < -0.4 is 14.8 Å². The smallest absolute Gasteiger partial charge is 0.316 e. The van der Waals surface area contributed by atoms with Gasteiger partial charge in [0.15, 0.2) is 11.5 Å². The Hall–Kier alpha value is -3.17. The van der Waals surface area contributed by atoms with Crippen molar-refractivity contribution in [1.82, 2.24) is 5.32 Å². The SMILES string of the molecule is CC(C)(C)C(=O)Oc1ccc(CCNC(=O)C2=C[N+](C)(O)CC=C2O)cc1OC(=O)C(C)(C)C. The fraction of sp³-hybridized carbons (Fsp3) is 0.480. The summed E-state index contributed by atoms with van der Waals surface area (Å²) in [5, 5.41) is 22.7. The molecule has 1 unspecified atom stereocenters. The van der Waals surface area contributed by atoms with Gasteiger partial charge in [0.05, 0.1) is 10.8 Å². The average Bonchev–Trinajstić information content (AvgIpc) is 2.70. The number of benzene rings is 1. The molecule has 9 nitrogen and oxygen atoms in total. The molecule has 3 N–H and O–H groups in total. The molecular formula is C25H35N2O7+. The molecule has 2 rings (SSSR count). The summed E-state index contributed by atoms with van der Waals surface area (Å²) < 4.78 is 10.5. The van der Waals surface area contributed by atoms with E-state index in [1.807, 2.05) is 0 Å². The number of quaternary nitrogens is 1. The lowest BCUT2D eigenvalue weighted by Gasteiger charge is -2.23. The lowest BCUT2D eigenvalue weighted by Crippen LogP contribution is -2.40. The highest BCUT2D eigenvalue weighted by atomic mass is 16.6. The van der Waals surface area contributed by atoms with Gasteiger partial charge in [-0.15, -0.1) is 0 Å². The number of likely N-dealkylation sites (N-methyl/N-ethyl adjacent to an activating group) is 1. The van der Waals surface area contributed by atoms with E-state index in [-0.39, 0.29) is 35.9 Å². The number of aliphatic hydroxyl groups is 1. The van der Waals surface area contributed by atoms with Gasteiger partial charge in [0.25, 0.3) is 5.91 Å². The number of hydrogen-bond acceptors (Lipinski definition) is 7. The Morgan fingerprint density at radius 1 is 1.00 bits per heavy atom. The molecule has 34 heavy (non-hydrogen) atoms. The van der Waals surface area contributed by atoms with Crippen molar-refractivity contribution in [2.75, 3.05) is 20.1 Å². The van der Waals surface area contributed by atoms with Crippen LogP contribution in [0.4, 0.5) is 0 Å². The third kappa shape index (κ3) is 7.43. The summed E-state index contributed by atoms with van der Waals surface area (Å²) >= 11 is 0. The Morgan fingerprint density at radius 3 is 2.12 bits per heavy atom. The van der Waals surface area contributed by atoms with Crippen LogP contribution in [0.25, 0.3) is 0 Å². The fourth-order valence-electron chi connectivity index (χ4n) is 2.75. The minimum absolute atomic E-state index is 0.0134. The van der Waals surface area contributed by atoms with Gasteiger partial charge >= 0.3 is 11.9 Å². The highest BCUT2D eigenvalue weighted by Crippen LogP contribution is 2.32. The number of hydrogen-bond donors (Lipinski definition) is 3. The molecule has 0 spiro atoms. The Balaban J connectivity index is 2.16. The Bertz CT molecular complexity index is 1020. The molecule has 1 aliphatic heterocycles. The standard InChI is InChI=1S/C25H34N2O7/c1-24(2,3)22(30)33-19-9-8-16(14-20(19)34-23(31)25(4,5)6)10-12-26-21(29)17-15-27(7,32)13-11-18(17)28/h8-9,11,14-15,32H,10,12-13H2,1-7H3,(H-,26,28,29)/p+1. The van der Waals surface area contributed by atoms with Crippen molar-refractivity contribution in [1.29, 1.82) is 0 Å². The van der Waals surface area contributed by atoms with Gasteiger partial charge in [-0.2, -0.15) is 4.65 Å². The number of nitrogens with zero attached hydrogens (tertiary/aromatic N) is 1. The van der Waals surface area contributed by atoms with Crippen molar-refractivity contribution < 1.29 is 38.8 Å². The number of carbonyl (C=O) groups excluding carboxylic acids is 3. The van der Waals surface area contributed by atoms with Crippen LogP contribution in [0.5, 0.6) is 11.5 Å². The Kier molecular flexibility index (Phi) is 7.95. The molecule has 1 amide bonds. The summed E-state index contributed by atoms with van der Waals surface area (Å²) in [6.45, 7) is 10.7. The molecule has 0 aliphatic carbocycles. The highest BCUT2D eigenvalue weighted by Gasteiger charge is 2.29. The fourth-order valence-corrected chi connectivity index (χ4v) is 2.75. The number of ether oxygens (including phenoxy) is 2. The number of amides is 1. The van der Waals surface area contributed by atoms with Gasteiger partial charge in [-0.25, -0.2) is 5.21 Å². The monoisotopic (exact) mass is 475 g/mol. The van der Waals surface area contributed by atoms with E-state index in [4.69, 9.17) is 9.47 Å². The van der Waals surface area contributed by atoms with Crippen molar-refractivity contribution >= 4 is 17.8 Å². The Morgan fingerprint density at radius 2 is 1.56 bits per heavy atom. The first-order chi connectivity index (χ1) is 15.5. The number of carbonyl (C=O) groups is 3. The van der Waals surface area contributed by atoms with Crippen LogP contribution >= 0.6 is 0 Å². The molecule has 9 heteroatoms. The second-order valence-corrected chi connectivity index (χ2v) is 10.6. The van der Waals surface area contributed by atoms with Gasteiger partial charge in [-0.3, -0.25) is 14.4 Å². The maximum absolute atomic E-state index is 12.5. The summed E-state index contributed by atoms with van der Waals surface area (Å²) in [6.07, 6.45) is 3.03. The first-order valence-corrected chi connectivity index (χ1v) is 11.1. The first kappa shape index (κ1) is 27.1. The van der Waals surface area contributed by atoms with E-state index in [0.29, 0.717) is 6.42 Å². The summed E-state index contributed by atoms with van der Waals surface area (Å²) in [6, 6.07) is 4.86. The second kappa shape index (κ2) is 9.99. The molecule has 0 saturated carbocycles. The van der Waals surface area contributed by atoms with Crippen molar-refractivity contribution in [3.05, 3.63) is 47.4 Å². The predicted octanol–water partition coefficient (Wildman–Crippen LogP) is 3.42. The Labute approximate surface area is 200 Å². The van der Waals surface area contributed by atoms with Gasteiger partial charge < -0.3 is 19.9 Å². The number of rotatable bonds is 6. The summed E-state index contributed by atoms with van der Waals surface area (Å²) in [4.78, 5) is 37.3. The summed E-state index contributed by atoms with van der Waals surface area (Å²) in [7, 11) is 1.49. The van der Waals surface area contributed by atoms with Gasteiger partial charge in [0.1, 0.15) is 31.1 Å². The lowest BCUT2D eigenvalue weighted by molar-refractivity contribution is -1.04. The average molecular weight is 476 g/mol. The second-order valence-electron chi connectivity index (χ2n) is 10.6. The molecule has 1 heterocycles. The molecule has 1 aromatic rings. The van der Waals surface area contributed by atoms with Gasteiger partial charge in [-0.05, 0) is 65.7 Å². The van der Waals surface area contributed by atoms with E-state index >= 15 is 0 Å². The molecule has 0 bridgehead atoms. The van der Waals surface area contributed by atoms with Crippen LogP contribution in [0, 0.1) is 10.8 Å². The van der Waals surface area contributed by atoms with E-state index in [1.165, 1.54) is 19.3 Å². The van der Waals surface area contributed by atoms with Gasteiger partial charge in [-0.1, -0.05) is 6.07 Å². The topological polar surface area (TPSA) is 122 Å². The quantitative estimate of drug-likeness (QED) is 0.327. The van der Waals surface area contributed by atoms with Crippen LogP contribution in [0.15, 0.2) is 41.8 Å². The molecule has 0 fully saturated rings.